The molecule has 0 amide bonds. The van der Waals surface area contributed by atoms with Crippen LogP contribution >= 0.6 is 11.6 Å². The van der Waals surface area contributed by atoms with E-state index in [1.54, 1.807) is 0 Å². The van der Waals surface area contributed by atoms with Crippen LogP contribution in [0.5, 0.6) is 0 Å². The van der Waals surface area contributed by atoms with Crippen LogP contribution in [0.15, 0.2) is 30.6 Å². The third-order valence-electron chi connectivity index (χ3n) is 2.87. The third kappa shape index (κ3) is 3.58. The third-order valence-corrected chi connectivity index (χ3v) is 3.17. The van der Waals surface area contributed by atoms with Crippen molar-refractivity contribution in [3.05, 3.63) is 41.3 Å². The van der Waals surface area contributed by atoms with Gasteiger partial charge in [-0.1, -0.05) is 37.1 Å². The molecule has 0 atom stereocenters. The normalized spacial score (nSPS) is 10.4. The van der Waals surface area contributed by atoms with E-state index in [4.69, 9.17) is 17.3 Å². The van der Waals surface area contributed by atoms with E-state index in [9.17, 15) is 0 Å². The van der Waals surface area contributed by atoms with Crippen LogP contribution in [-0.4, -0.2) is 9.97 Å². The molecule has 1 aromatic carbocycles. The number of nitrogen functional groups attached to an aromatic ring is 1. The van der Waals surface area contributed by atoms with E-state index in [1.807, 2.05) is 12.1 Å². The number of unbranched alkanes of at least 4 members (excludes halogenated alkanes) is 1. The molecule has 2 rings (SSSR count). The first-order chi connectivity index (χ1) is 9.20. The number of benzene rings is 1. The Morgan fingerprint density at radius 2 is 1.95 bits per heavy atom. The van der Waals surface area contributed by atoms with Crippen molar-refractivity contribution >= 4 is 28.8 Å². The lowest BCUT2D eigenvalue weighted by Crippen LogP contribution is -2.01. The van der Waals surface area contributed by atoms with E-state index in [0.717, 1.165) is 12.1 Å². The van der Waals surface area contributed by atoms with Gasteiger partial charge in [0.1, 0.15) is 12.0 Å². The highest BCUT2D eigenvalue weighted by molar-refractivity contribution is 6.32. The number of hydrogen-bond donors (Lipinski definition) is 2. The molecule has 4 nitrogen and oxygen atoms in total. The summed E-state index contributed by atoms with van der Waals surface area (Å²) in [5.74, 6) is 0.529. The van der Waals surface area contributed by atoms with E-state index in [1.165, 1.54) is 24.7 Å². The topological polar surface area (TPSA) is 63.8 Å². The number of nitrogens with zero attached hydrogens (tertiary/aromatic N) is 2. The molecule has 3 N–H and O–H groups in total. The summed E-state index contributed by atoms with van der Waals surface area (Å²) in [4.78, 5) is 7.89. The minimum atomic E-state index is 0.261. The number of anilines is 3. The van der Waals surface area contributed by atoms with Gasteiger partial charge in [0.05, 0.1) is 0 Å². The number of halogens is 1. The predicted octanol–water partition coefficient (Wildman–Crippen LogP) is 3.80. The first-order valence-electron chi connectivity index (χ1n) is 6.32. The molecule has 0 spiro atoms. The first-order valence-corrected chi connectivity index (χ1v) is 6.70. The van der Waals surface area contributed by atoms with Gasteiger partial charge in [-0.3, -0.25) is 0 Å². The summed E-state index contributed by atoms with van der Waals surface area (Å²) < 4.78 is 0. The smallest absolute Gasteiger partial charge is 0.158 e. The standard InChI is InChI=1S/C14H17ClN4/c1-2-3-4-10-5-7-11(8-6-10)19-14-12(16)13(15)17-9-18-14/h5-9H,2-4,16H2,1H3,(H,17,18,19). The van der Waals surface area contributed by atoms with Gasteiger partial charge in [-0.25, -0.2) is 9.97 Å². The SMILES string of the molecule is CCCCc1ccc(Nc2ncnc(Cl)c2N)cc1. The van der Waals surface area contributed by atoms with Gasteiger partial charge in [0, 0.05) is 5.69 Å². The summed E-state index contributed by atoms with van der Waals surface area (Å²) in [5, 5.41) is 3.40. The highest BCUT2D eigenvalue weighted by atomic mass is 35.5. The predicted molar refractivity (Wildman–Crippen MR) is 79.8 cm³/mol. The monoisotopic (exact) mass is 276 g/mol. The maximum Gasteiger partial charge on any atom is 0.158 e. The number of aryl methyl sites for hydroxylation is 1. The van der Waals surface area contributed by atoms with Gasteiger partial charge < -0.3 is 11.1 Å². The Kier molecular flexibility index (Phi) is 4.58. The molecule has 19 heavy (non-hydrogen) atoms. The molecule has 100 valence electrons. The van der Waals surface area contributed by atoms with E-state index in [2.05, 4.69) is 34.3 Å². The number of rotatable bonds is 5. The van der Waals surface area contributed by atoms with Crippen molar-refractivity contribution in [1.82, 2.24) is 9.97 Å². The van der Waals surface area contributed by atoms with Gasteiger partial charge in [-0.2, -0.15) is 0 Å². The Hall–Kier alpha value is -1.81. The Morgan fingerprint density at radius 3 is 2.63 bits per heavy atom. The maximum absolute atomic E-state index is 5.85. The van der Waals surface area contributed by atoms with Crippen molar-refractivity contribution < 1.29 is 0 Å². The molecule has 0 aliphatic heterocycles. The molecule has 0 saturated carbocycles. The van der Waals surface area contributed by atoms with Crippen LogP contribution in [0.25, 0.3) is 0 Å². The van der Waals surface area contributed by atoms with Gasteiger partial charge in [0.2, 0.25) is 0 Å². The van der Waals surface area contributed by atoms with Crippen LogP contribution in [-0.2, 0) is 6.42 Å². The van der Waals surface area contributed by atoms with Gasteiger partial charge in [-0.05, 0) is 30.5 Å². The summed E-state index contributed by atoms with van der Waals surface area (Å²) in [5.41, 5.74) is 8.43. The zero-order valence-electron chi connectivity index (χ0n) is 10.9. The molecular weight excluding hydrogens is 260 g/mol. The average Bonchev–Trinajstić information content (AvgIpc) is 2.43. The molecule has 0 unspecified atom stereocenters. The van der Waals surface area contributed by atoms with E-state index in [0.29, 0.717) is 11.5 Å². The lowest BCUT2D eigenvalue weighted by Gasteiger charge is -2.09. The Labute approximate surface area is 118 Å². The summed E-state index contributed by atoms with van der Waals surface area (Å²) in [6, 6.07) is 8.24. The summed E-state index contributed by atoms with van der Waals surface area (Å²) in [6.07, 6.45) is 4.91. The lowest BCUT2D eigenvalue weighted by molar-refractivity contribution is 0.795. The minimum Gasteiger partial charge on any atom is -0.393 e. The first kappa shape index (κ1) is 13.6. The molecular formula is C14H17ClN4. The molecule has 0 aliphatic rings. The van der Waals surface area contributed by atoms with E-state index < -0.39 is 0 Å². The largest absolute Gasteiger partial charge is 0.393 e. The Balaban J connectivity index is 2.09. The second kappa shape index (κ2) is 6.38. The molecule has 2 aromatic rings. The highest BCUT2D eigenvalue weighted by Gasteiger charge is 2.05. The molecule has 0 aliphatic carbocycles. The van der Waals surface area contributed by atoms with Gasteiger partial charge in [-0.15, -0.1) is 0 Å². The summed E-state index contributed by atoms with van der Waals surface area (Å²) >= 11 is 5.85. The fourth-order valence-electron chi connectivity index (χ4n) is 1.75. The van der Waals surface area contributed by atoms with Crippen molar-refractivity contribution in [3.8, 4) is 0 Å². The quantitative estimate of drug-likeness (QED) is 0.816. The van der Waals surface area contributed by atoms with Crippen LogP contribution in [0.2, 0.25) is 5.15 Å². The van der Waals surface area contributed by atoms with Crippen LogP contribution in [0.1, 0.15) is 25.3 Å². The average molecular weight is 277 g/mol. The number of nitrogens with one attached hydrogen (secondary N) is 1. The number of aromatic nitrogens is 2. The molecule has 0 saturated heterocycles. The maximum atomic E-state index is 5.85. The lowest BCUT2D eigenvalue weighted by atomic mass is 10.1. The Morgan fingerprint density at radius 1 is 1.21 bits per heavy atom. The second-order valence-corrected chi connectivity index (χ2v) is 4.71. The van der Waals surface area contributed by atoms with Crippen LogP contribution < -0.4 is 11.1 Å². The number of nitrogens with two attached hydrogens (primary N) is 1. The molecule has 0 radical (unpaired) electrons. The van der Waals surface area contributed by atoms with Crippen molar-refractivity contribution in [3.63, 3.8) is 0 Å². The zero-order valence-corrected chi connectivity index (χ0v) is 11.6. The number of hydrogen-bond acceptors (Lipinski definition) is 4. The van der Waals surface area contributed by atoms with Crippen molar-refractivity contribution in [2.24, 2.45) is 0 Å². The molecule has 5 heteroatoms. The van der Waals surface area contributed by atoms with Gasteiger partial charge >= 0.3 is 0 Å². The van der Waals surface area contributed by atoms with Gasteiger partial charge in [0.15, 0.2) is 11.0 Å². The van der Waals surface area contributed by atoms with E-state index >= 15 is 0 Å². The van der Waals surface area contributed by atoms with Crippen LogP contribution in [0.4, 0.5) is 17.2 Å². The molecule has 0 fully saturated rings. The molecule has 1 heterocycles. The summed E-state index contributed by atoms with van der Waals surface area (Å²) in [6.45, 7) is 2.19. The summed E-state index contributed by atoms with van der Waals surface area (Å²) in [7, 11) is 0. The van der Waals surface area contributed by atoms with Crippen molar-refractivity contribution in [2.75, 3.05) is 11.1 Å². The zero-order chi connectivity index (χ0) is 13.7. The van der Waals surface area contributed by atoms with Crippen LogP contribution in [0, 0.1) is 0 Å². The fourth-order valence-corrected chi connectivity index (χ4v) is 1.88. The van der Waals surface area contributed by atoms with Gasteiger partial charge in [0.25, 0.3) is 0 Å². The van der Waals surface area contributed by atoms with Crippen LogP contribution in [0.3, 0.4) is 0 Å². The fraction of sp³-hybridized carbons (Fsp3) is 0.286. The Bertz CT molecular complexity index is 540. The van der Waals surface area contributed by atoms with E-state index in [-0.39, 0.29) is 5.15 Å². The highest BCUT2D eigenvalue weighted by Crippen LogP contribution is 2.25. The molecule has 0 bridgehead atoms. The van der Waals surface area contributed by atoms with Crippen molar-refractivity contribution in [2.45, 2.75) is 26.2 Å². The molecule has 1 aromatic heterocycles. The van der Waals surface area contributed by atoms with Crippen molar-refractivity contribution in [1.29, 1.82) is 0 Å². The minimum absolute atomic E-state index is 0.261. The second-order valence-electron chi connectivity index (χ2n) is 4.35.